The Morgan fingerprint density at radius 3 is 2.11 bits per heavy atom. The van der Waals surface area contributed by atoms with Gasteiger partial charge >= 0.3 is 0 Å². The first-order chi connectivity index (χ1) is 17.9. The van der Waals surface area contributed by atoms with Gasteiger partial charge in [-0.2, -0.15) is 0 Å². The fourth-order valence-corrected chi connectivity index (χ4v) is 8.03. The molecule has 3 aromatic carbocycles. The van der Waals surface area contributed by atoms with Gasteiger partial charge in [-0.15, -0.1) is 0 Å². The highest BCUT2D eigenvalue weighted by molar-refractivity contribution is 5.41. The molecule has 6 rings (SSSR count). The van der Waals surface area contributed by atoms with Crippen molar-refractivity contribution in [1.29, 1.82) is 0 Å². The summed E-state index contributed by atoms with van der Waals surface area (Å²) in [7, 11) is 0. The number of aryl methyl sites for hydroxylation is 1. The van der Waals surface area contributed by atoms with Crippen molar-refractivity contribution in [3.05, 3.63) is 89.0 Å². The molecule has 3 aliphatic carbocycles. The van der Waals surface area contributed by atoms with E-state index in [0.29, 0.717) is 54.1 Å². The minimum absolute atomic E-state index is 0.0460. The van der Waals surface area contributed by atoms with Crippen LogP contribution in [0.2, 0.25) is 0 Å². The molecule has 5 nitrogen and oxygen atoms in total. The van der Waals surface area contributed by atoms with Gasteiger partial charge in [0, 0.05) is 41.7 Å². The van der Waals surface area contributed by atoms with Crippen molar-refractivity contribution in [2.45, 2.75) is 70.1 Å². The van der Waals surface area contributed by atoms with Gasteiger partial charge in [0.2, 0.25) is 0 Å². The van der Waals surface area contributed by atoms with Crippen LogP contribution in [0.1, 0.15) is 60.8 Å². The average molecular weight is 499 g/mol. The lowest BCUT2D eigenvalue weighted by Gasteiger charge is -2.55. The molecular weight excluding hydrogens is 460 g/mol. The average Bonchev–Trinajstić information content (AvgIpc) is 3.24. The molecule has 3 aromatic rings. The molecule has 5 heteroatoms. The van der Waals surface area contributed by atoms with Gasteiger partial charge in [0.25, 0.3) is 0 Å². The van der Waals surface area contributed by atoms with Crippen LogP contribution >= 0.6 is 0 Å². The normalized spacial score (nSPS) is 30.4. The molecule has 37 heavy (non-hydrogen) atoms. The van der Waals surface area contributed by atoms with Crippen LogP contribution in [0.3, 0.4) is 0 Å². The molecule has 0 aromatic heterocycles. The molecule has 2 saturated carbocycles. The van der Waals surface area contributed by atoms with Gasteiger partial charge in [-0.05, 0) is 85.3 Å². The van der Waals surface area contributed by atoms with E-state index in [1.165, 1.54) is 24.0 Å². The summed E-state index contributed by atoms with van der Waals surface area (Å²) in [6, 6.07) is 21.8. The second-order valence-corrected chi connectivity index (χ2v) is 11.6. The van der Waals surface area contributed by atoms with Crippen LogP contribution in [-0.2, 0) is 19.5 Å². The summed E-state index contributed by atoms with van der Waals surface area (Å²) in [4.78, 5) is 0. The Kier molecular flexibility index (Phi) is 6.37. The number of benzene rings is 3. The third-order valence-electron chi connectivity index (χ3n) is 9.92. The lowest BCUT2D eigenvalue weighted by Crippen LogP contribution is -2.60. The molecule has 0 saturated heterocycles. The summed E-state index contributed by atoms with van der Waals surface area (Å²) in [5.74, 6) is 2.73. The fraction of sp³-hybridized carbons (Fsp3) is 0.438. The van der Waals surface area contributed by atoms with E-state index in [2.05, 4.69) is 23.6 Å². The van der Waals surface area contributed by atoms with Gasteiger partial charge in [0.05, 0.1) is 0 Å². The van der Waals surface area contributed by atoms with E-state index >= 15 is 0 Å². The zero-order valence-corrected chi connectivity index (χ0v) is 21.5. The largest absolute Gasteiger partial charge is 0.508 e. The van der Waals surface area contributed by atoms with Crippen LogP contribution in [0.5, 0.6) is 17.2 Å². The predicted octanol–water partition coefficient (Wildman–Crippen LogP) is 5.59. The molecule has 0 aliphatic heterocycles. The molecule has 0 bridgehead atoms. The minimum Gasteiger partial charge on any atom is -0.508 e. The third kappa shape index (κ3) is 4.28. The van der Waals surface area contributed by atoms with Crippen LogP contribution < -0.4 is 10.6 Å². The van der Waals surface area contributed by atoms with E-state index in [-0.39, 0.29) is 11.5 Å². The standard InChI is InChI=1S/C32H38N2O3/c1-32-27(14-15-30(32)33-18-21-6-2-4-8-28(21)36)25-12-10-20-16-23(35)11-13-24(20)26(25)17-31(32)34-19-22-7-3-5-9-29(22)37/h2-9,11,13,16,25-27,30-31,33-37H,10,12,14-15,17-19H2,1H3/t25-,26-,27+,30-,31-,32+/m1/s1. The zero-order chi connectivity index (χ0) is 25.6. The molecule has 0 unspecified atom stereocenters. The molecule has 0 amide bonds. The lowest BCUT2D eigenvalue weighted by atomic mass is 9.53. The highest BCUT2D eigenvalue weighted by Gasteiger charge is 2.59. The Labute approximate surface area is 219 Å². The Morgan fingerprint density at radius 2 is 1.43 bits per heavy atom. The maximum Gasteiger partial charge on any atom is 0.120 e. The highest BCUT2D eigenvalue weighted by atomic mass is 16.3. The number of aromatic hydroxyl groups is 3. The van der Waals surface area contributed by atoms with Gasteiger partial charge in [-0.1, -0.05) is 49.4 Å². The Balaban J connectivity index is 1.31. The van der Waals surface area contributed by atoms with Crippen molar-refractivity contribution in [3.63, 3.8) is 0 Å². The van der Waals surface area contributed by atoms with E-state index in [1.807, 2.05) is 48.5 Å². The molecule has 3 aliphatic rings. The monoisotopic (exact) mass is 498 g/mol. The number of nitrogens with one attached hydrogen (secondary N) is 2. The number of phenolic OH excluding ortho intramolecular Hbond substituents is 3. The van der Waals surface area contributed by atoms with E-state index in [9.17, 15) is 15.3 Å². The number of rotatable bonds is 6. The summed E-state index contributed by atoms with van der Waals surface area (Å²) in [5, 5.41) is 38.6. The third-order valence-corrected chi connectivity index (χ3v) is 9.92. The Hall–Kier alpha value is -3.02. The van der Waals surface area contributed by atoms with Crippen LogP contribution in [0.15, 0.2) is 66.7 Å². The van der Waals surface area contributed by atoms with Gasteiger partial charge in [-0.3, -0.25) is 0 Å². The van der Waals surface area contributed by atoms with Crippen molar-refractivity contribution in [2.75, 3.05) is 0 Å². The Bertz CT molecular complexity index is 1280. The van der Waals surface area contributed by atoms with Gasteiger partial charge in [0.15, 0.2) is 0 Å². The summed E-state index contributed by atoms with van der Waals surface area (Å²) in [6.07, 6.45) is 5.55. The van der Waals surface area contributed by atoms with Crippen molar-refractivity contribution < 1.29 is 15.3 Å². The van der Waals surface area contributed by atoms with Crippen LogP contribution in [0, 0.1) is 17.3 Å². The molecule has 5 N–H and O–H groups in total. The SMILES string of the molecule is C[C@@]12[C@H](NCc3ccccc3O)CC[C@H]1[C@@H]1CCc3cc(O)ccc3[C@H]1C[C@H]2NCc1ccccc1O. The number of phenols is 3. The van der Waals surface area contributed by atoms with Crippen LogP contribution in [0.4, 0.5) is 0 Å². The number of para-hydroxylation sites is 2. The van der Waals surface area contributed by atoms with Crippen molar-refractivity contribution in [1.82, 2.24) is 10.6 Å². The Morgan fingerprint density at radius 1 is 0.784 bits per heavy atom. The number of hydrogen-bond acceptors (Lipinski definition) is 5. The predicted molar refractivity (Wildman–Crippen MR) is 146 cm³/mol. The smallest absolute Gasteiger partial charge is 0.120 e. The topological polar surface area (TPSA) is 84.8 Å². The zero-order valence-electron chi connectivity index (χ0n) is 21.5. The van der Waals surface area contributed by atoms with Crippen molar-refractivity contribution in [3.8, 4) is 17.2 Å². The first-order valence-electron chi connectivity index (χ1n) is 13.8. The lowest BCUT2D eigenvalue weighted by molar-refractivity contribution is 0.00434. The second kappa shape index (κ2) is 9.70. The van der Waals surface area contributed by atoms with Gasteiger partial charge in [-0.25, -0.2) is 0 Å². The first kappa shape index (κ1) is 24.3. The second-order valence-electron chi connectivity index (χ2n) is 11.6. The molecule has 0 spiro atoms. The molecule has 6 atom stereocenters. The van der Waals surface area contributed by atoms with Gasteiger partial charge in [0.1, 0.15) is 17.2 Å². The van der Waals surface area contributed by atoms with E-state index in [4.69, 9.17) is 0 Å². The van der Waals surface area contributed by atoms with E-state index in [0.717, 1.165) is 30.4 Å². The van der Waals surface area contributed by atoms with Crippen molar-refractivity contribution >= 4 is 0 Å². The molecular formula is C32H38N2O3. The summed E-state index contributed by atoms with van der Waals surface area (Å²) >= 11 is 0. The van der Waals surface area contributed by atoms with E-state index in [1.54, 1.807) is 12.1 Å². The molecule has 0 heterocycles. The maximum atomic E-state index is 10.4. The highest BCUT2D eigenvalue weighted by Crippen LogP contribution is 2.61. The first-order valence-corrected chi connectivity index (χ1v) is 13.8. The van der Waals surface area contributed by atoms with Gasteiger partial charge < -0.3 is 26.0 Å². The molecule has 194 valence electrons. The van der Waals surface area contributed by atoms with Crippen molar-refractivity contribution in [2.24, 2.45) is 17.3 Å². The number of hydrogen-bond donors (Lipinski definition) is 5. The molecule has 2 fully saturated rings. The van der Waals surface area contributed by atoms with Crippen LogP contribution in [0.25, 0.3) is 0 Å². The summed E-state index contributed by atoms with van der Waals surface area (Å²) < 4.78 is 0. The minimum atomic E-state index is 0.0460. The van der Waals surface area contributed by atoms with E-state index < -0.39 is 0 Å². The number of fused-ring (bicyclic) bond motifs is 5. The van der Waals surface area contributed by atoms with Crippen LogP contribution in [-0.4, -0.2) is 27.4 Å². The summed E-state index contributed by atoms with van der Waals surface area (Å²) in [6.45, 7) is 3.76. The summed E-state index contributed by atoms with van der Waals surface area (Å²) in [5.41, 5.74) is 4.63. The quantitative estimate of drug-likeness (QED) is 0.306. The maximum absolute atomic E-state index is 10.4. The fourth-order valence-electron chi connectivity index (χ4n) is 8.03. The molecule has 0 radical (unpaired) electrons.